The minimum absolute atomic E-state index is 0.121. The summed E-state index contributed by atoms with van der Waals surface area (Å²) in [6, 6.07) is 0. The van der Waals surface area contributed by atoms with E-state index in [1.165, 1.54) is 20.0 Å². The van der Waals surface area contributed by atoms with E-state index >= 15 is 0 Å². The van der Waals surface area contributed by atoms with Crippen molar-refractivity contribution in [3.05, 3.63) is 0 Å². The number of hydrogen-bond donors (Lipinski definition) is 1. The Morgan fingerprint density at radius 2 is 2.38 bits per heavy atom. The number of rotatable bonds is 1. The molecule has 2 unspecified atom stereocenters. The fourth-order valence-electron chi connectivity index (χ4n) is 2.20. The lowest BCUT2D eigenvalue weighted by atomic mass is 9.96. The maximum Gasteiger partial charge on any atom is 0.325 e. The number of thioether (sulfide) groups is 1. The highest BCUT2D eigenvalue weighted by atomic mass is 32.2. The monoisotopic (exact) mass is 201 g/mol. The van der Waals surface area contributed by atoms with Gasteiger partial charge in [0, 0.05) is 5.25 Å². The molecule has 3 atom stereocenters. The second-order valence-corrected chi connectivity index (χ2v) is 5.50. The van der Waals surface area contributed by atoms with Gasteiger partial charge in [-0.1, -0.05) is 0 Å². The summed E-state index contributed by atoms with van der Waals surface area (Å²) in [4.78, 5) is 11.5. The lowest BCUT2D eigenvalue weighted by Crippen LogP contribution is -2.56. The van der Waals surface area contributed by atoms with Gasteiger partial charge in [0.15, 0.2) is 0 Å². The van der Waals surface area contributed by atoms with Crippen molar-refractivity contribution in [1.29, 1.82) is 0 Å². The first kappa shape index (κ1) is 9.34. The largest absolute Gasteiger partial charge is 0.468 e. The fourth-order valence-corrected chi connectivity index (χ4v) is 3.97. The third-order valence-electron chi connectivity index (χ3n) is 2.86. The zero-order valence-electron chi connectivity index (χ0n) is 8.00. The molecule has 0 radical (unpaired) electrons. The average molecular weight is 201 g/mol. The zero-order valence-corrected chi connectivity index (χ0v) is 8.82. The molecule has 4 heteroatoms. The second kappa shape index (κ2) is 3.17. The van der Waals surface area contributed by atoms with Gasteiger partial charge in [-0.05, 0) is 26.2 Å². The minimum atomic E-state index is -0.439. The fraction of sp³-hybridized carbons (Fsp3) is 0.889. The standard InChI is InChI=1S/C9H15NO2S/c1-9(8(11)12-2)5-6-3-4-7(10-9)13-6/h6-7,10H,3-5H2,1-2H3/t6-,7?,9?/m1/s1. The SMILES string of the molecule is COC(=O)C1(C)C[C@H]2CCC(N1)S2. The molecule has 2 aliphatic rings. The number of carbonyl (C=O) groups excluding carboxylic acids is 1. The van der Waals surface area contributed by atoms with Crippen LogP contribution in [0.1, 0.15) is 26.2 Å². The summed E-state index contributed by atoms with van der Waals surface area (Å²) in [5.41, 5.74) is -0.439. The molecule has 0 aromatic heterocycles. The Hall–Kier alpha value is -0.220. The maximum absolute atomic E-state index is 11.5. The second-order valence-electron chi connectivity index (χ2n) is 4.00. The van der Waals surface area contributed by atoms with Crippen LogP contribution in [0.5, 0.6) is 0 Å². The summed E-state index contributed by atoms with van der Waals surface area (Å²) in [5.74, 6) is -0.121. The van der Waals surface area contributed by atoms with E-state index in [9.17, 15) is 4.79 Å². The molecule has 0 aliphatic carbocycles. The molecular weight excluding hydrogens is 186 g/mol. The number of methoxy groups -OCH3 is 1. The molecular formula is C9H15NO2S. The molecule has 2 aliphatic heterocycles. The normalized spacial score (nSPS) is 43.2. The highest BCUT2D eigenvalue weighted by molar-refractivity contribution is 8.00. The molecule has 74 valence electrons. The molecule has 0 spiro atoms. The van der Waals surface area contributed by atoms with Gasteiger partial charge < -0.3 is 4.74 Å². The molecule has 0 saturated carbocycles. The van der Waals surface area contributed by atoms with Crippen LogP contribution in [0.3, 0.4) is 0 Å². The Kier molecular flexibility index (Phi) is 2.28. The third kappa shape index (κ3) is 1.57. The maximum atomic E-state index is 11.5. The Morgan fingerprint density at radius 3 is 3.00 bits per heavy atom. The lowest BCUT2D eigenvalue weighted by molar-refractivity contribution is -0.148. The number of esters is 1. The number of hydrogen-bond acceptors (Lipinski definition) is 4. The molecule has 0 aromatic carbocycles. The van der Waals surface area contributed by atoms with Gasteiger partial charge in [0.05, 0.1) is 12.5 Å². The summed E-state index contributed by atoms with van der Waals surface area (Å²) in [7, 11) is 1.46. The van der Waals surface area contributed by atoms with Crippen LogP contribution in [-0.2, 0) is 9.53 Å². The number of nitrogens with one attached hydrogen (secondary N) is 1. The molecule has 0 aromatic rings. The van der Waals surface area contributed by atoms with Gasteiger partial charge >= 0.3 is 5.97 Å². The Balaban J connectivity index is 2.12. The molecule has 0 amide bonds. The molecule has 13 heavy (non-hydrogen) atoms. The van der Waals surface area contributed by atoms with Gasteiger partial charge in [-0.2, -0.15) is 0 Å². The van der Waals surface area contributed by atoms with Crippen LogP contribution in [-0.4, -0.2) is 29.2 Å². The summed E-state index contributed by atoms with van der Waals surface area (Å²) in [5, 5.41) is 4.47. The van der Waals surface area contributed by atoms with Crippen molar-refractivity contribution in [2.24, 2.45) is 0 Å². The smallest absolute Gasteiger partial charge is 0.325 e. The van der Waals surface area contributed by atoms with Gasteiger partial charge in [-0.15, -0.1) is 11.8 Å². The Morgan fingerprint density at radius 1 is 1.62 bits per heavy atom. The van der Waals surface area contributed by atoms with E-state index in [2.05, 4.69) is 5.32 Å². The number of carbonyl (C=O) groups is 1. The van der Waals surface area contributed by atoms with Crippen LogP contribution in [0, 0.1) is 0 Å². The van der Waals surface area contributed by atoms with Gasteiger partial charge in [-0.25, -0.2) is 0 Å². The van der Waals surface area contributed by atoms with E-state index in [0.29, 0.717) is 10.6 Å². The van der Waals surface area contributed by atoms with Crippen molar-refractivity contribution in [3.8, 4) is 0 Å². The molecule has 2 fully saturated rings. The van der Waals surface area contributed by atoms with E-state index < -0.39 is 5.54 Å². The molecule has 2 rings (SSSR count). The van der Waals surface area contributed by atoms with Gasteiger partial charge in [0.1, 0.15) is 5.54 Å². The van der Waals surface area contributed by atoms with Crippen molar-refractivity contribution >= 4 is 17.7 Å². The number of ether oxygens (including phenoxy) is 1. The van der Waals surface area contributed by atoms with Crippen LogP contribution < -0.4 is 5.32 Å². The lowest BCUT2D eigenvalue weighted by Gasteiger charge is -2.36. The topological polar surface area (TPSA) is 38.3 Å². The molecule has 2 saturated heterocycles. The van der Waals surface area contributed by atoms with E-state index in [4.69, 9.17) is 4.74 Å². The van der Waals surface area contributed by atoms with Gasteiger partial charge in [0.25, 0.3) is 0 Å². The van der Waals surface area contributed by atoms with Crippen molar-refractivity contribution in [1.82, 2.24) is 5.32 Å². The predicted molar refractivity (Wildman–Crippen MR) is 52.6 cm³/mol. The first-order chi connectivity index (χ1) is 6.14. The molecule has 1 N–H and O–H groups in total. The van der Waals surface area contributed by atoms with Gasteiger partial charge in [0.2, 0.25) is 0 Å². The zero-order chi connectivity index (χ0) is 9.47. The van der Waals surface area contributed by atoms with Crippen molar-refractivity contribution in [2.45, 2.75) is 42.3 Å². The van der Waals surface area contributed by atoms with E-state index in [-0.39, 0.29) is 5.97 Å². The highest BCUT2D eigenvalue weighted by Crippen LogP contribution is 2.42. The Labute approximate surface area is 82.6 Å². The minimum Gasteiger partial charge on any atom is -0.468 e. The van der Waals surface area contributed by atoms with E-state index in [1.807, 2.05) is 18.7 Å². The van der Waals surface area contributed by atoms with Crippen molar-refractivity contribution in [2.75, 3.05) is 7.11 Å². The summed E-state index contributed by atoms with van der Waals surface area (Å²) < 4.78 is 4.81. The quantitative estimate of drug-likeness (QED) is 0.645. The highest BCUT2D eigenvalue weighted by Gasteiger charge is 2.46. The summed E-state index contributed by atoms with van der Waals surface area (Å²) in [6.07, 6.45) is 3.32. The third-order valence-corrected chi connectivity index (χ3v) is 4.33. The van der Waals surface area contributed by atoms with Crippen molar-refractivity contribution in [3.63, 3.8) is 0 Å². The van der Waals surface area contributed by atoms with Crippen LogP contribution in [0.25, 0.3) is 0 Å². The average Bonchev–Trinajstić information content (AvgIpc) is 2.44. The molecule has 2 bridgehead atoms. The van der Waals surface area contributed by atoms with Crippen molar-refractivity contribution < 1.29 is 9.53 Å². The van der Waals surface area contributed by atoms with Gasteiger partial charge in [-0.3, -0.25) is 10.1 Å². The molecule has 2 heterocycles. The van der Waals surface area contributed by atoms with Crippen LogP contribution in [0.15, 0.2) is 0 Å². The summed E-state index contributed by atoms with van der Waals surface area (Å²) in [6.45, 7) is 1.95. The molecule has 3 nitrogen and oxygen atoms in total. The van der Waals surface area contributed by atoms with Crippen LogP contribution in [0.2, 0.25) is 0 Å². The predicted octanol–water partition coefficient (Wildman–Crippen LogP) is 1.13. The van der Waals surface area contributed by atoms with E-state index in [0.717, 1.165) is 6.42 Å². The van der Waals surface area contributed by atoms with Crippen LogP contribution in [0.4, 0.5) is 0 Å². The Bertz CT molecular complexity index is 220. The number of fused-ring (bicyclic) bond motifs is 2. The first-order valence-electron chi connectivity index (χ1n) is 4.65. The van der Waals surface area contributed by atoms with Crippen LogP contribution >= 0.6 is 11.8 Å². The van der Waals surface area contributed by atoms with E-state index in [1.54, 1.807) is 0 Å². The first-order valence-corrected chi connectivity index (χ1v) is 5.60. The summed E-state index contributed by atoms with van der Waals surface area (Å²) >= 11 is 1.96.